The van der Waals surface area contributed by atoms with E-state index >= 15 is 0 Å². The topological polar surface area (TPSA) is 9.23 Å². The maximum absolute atomic E-state index is 6.23. The summed E-state index contributed by atoms with van der Waals surface area (Å²) >= 11 is 0. The number of ether oxygens (including phenoxy) is 1. The van der Waals surface area contributed by atoms with Gasteiger partial charge in [0.25, 0.3) is 0 Å². The largest absolute Gasteiger partial charge is 0.492 e. The Morgan fingerprint density at radius 2 is 2.00 bits per heavy atom. The molecule has 2 atom stereocenters. The molecule has 0 N–H and O–H groups in total. The van der Waals surface area contributed by atoms with Gasteiger partial charge in [0.1, 0.15) is 11.4 Å². The van der Waals surface area contributed by atoms with Crippen LogP contribution in [0.4, 0.5) is 0 Å². The first-order chi connectivity index (χ1) is 8.36. The average molecular weight is 248 g/mol. The van der Waals surface area contributed by atoms with Crippen molar-refractivity contribution in [3.63, 3.8) is 0 Å². The highest BCUT2D eigenvalue weighted by atomic mass is 16.5. The minimum absolute atomic E-state index is 0.0215. The van der Waals surface area contributed by atoms with Crippen LogP contribution < -0.4 is 0 Å². The van der Waals surface area contributed by atoms with E-state index in [4.69, 9.17) is 4.74 Å². The van der Waals surface area contributed by atoms with E-state index in [1.54, 1.807) is 0 Å². The van der Waals surface area contributed by atoms with Gasteiger partial charge in [0, 0.05) is 5.92 Å². The van der Waals surface area contributed by atoms with Gasteiger partial charge >= 0.3 is 0 Å². The number of unbranched alkanes of at least 4 members (excludes halogenated alkanes) is 1. The lowest BCUT2D eigenvalue weighted by atomic mass is 9.62. The van der Waals surface area contributed by atoms with Crippen molar-refractivity contribution < 1.29 is 4.74 Å². The van der Waals surface area contributed by atoms with Crippen molar-refractivity contribution in [1.82, 2.24) is 0 Å². The van der Waals surface area contributed by atoms with Crippen LogP contribution in [0.2, 0.25) is 0 Å². The lowest BCUT2D eigenvalue weighted by molar-refractivity contribution is -0.0924. The number of rotatable bonds is 3. The van der Waals surface area contributed by atoms with Crippen molar-refractivity contribution in [2.45, 2.75) is 65.9 Å². The molecule has 1 heterocycles. The van der Waals surface area contributed by atoms with E-state index in [1.165, 1.54) is 25.0 Å². The number of hydrogen-bond acceptors (Lipinski definition) is 1. The van der Waals surface area contributed by atoms with Crippen molar-refractivity contribution in [3.05, 3.63) is 24.0 Å². The average Bonchev–Trinajstić information content (AvgIpc) is 2.22. The summed E-state index contributed by atoms with van der Waals surface area (Å²) in [5.41, 5.74) is 0.309. The summed E-state index contributed by atoms with van der Waals surface area (Å²) in [6, 6.07) is 0. The van der Waals surface area contributed by atoms with E-state index in [0.717, 1.165) is 6.42 Å². The molecule has 102 valence electrons. The normalized spacial score (nSPS) is 32.4. The van der Waals surface area contributed by atoms with Crippen LogP contribution in [-0.2, 0) is 4.74 Å². The Balaban J connectivity index is 2.23. The molecule has 0 spiro atoms. The van der Waals surface area contributed by atoms with Gasteiger partial charge in [0.15, 0.2) is 0 Å². The zero-order valence-corrected chi connectivity index (χ0v) is 12.6. The summed E-state index contributed by atoms with van der Waals surface area (Å²) in [5, 5.41) is 0. The van der Waals surface area contributed by atoms with Crippen LogP contribution in [0, 0.1) is 17.3 Å². The molecular formula is C17H28O. The summed E-state index contributed by atoms with van der Waals surface area (Å²) in [6.45, 7) is 11.5. The predicted molar refractivity (Wildman–Crippen MR) is 77.3 cm³/mol. The Labute approximate surface area is 112 Å². The third kappa shape index (κ3) is 2.65. The third-order valence-electron chi connectivity index (χ3n) is 4.36. The predicted octanol–water partition coefficient (Wildman–Crippen LogP) is 5.09. The number of hydrogen-bond donors (Lipinski definition) is 0. The lowest BCUT2D eigenvalue weighted by Gasteiger charge is -2.51. The van der Waals surface area contributed by atoms with Gasteiger partial charge < -0.3 is 4.74 Å². The maximum Gasteiger partial charge on any atom is 0.104 e. The van der Waals surface area contributed by atoms with Crippen LogP contribution >= 0.6 is 0 Å². The van der Waals surface area contributed by atoms with Gasteiger partial charge in [0.05, 0.1) is 0 Å². The second-order valence-corrected chi connectivity index (χ2v) is 7.26. The number of allylic oxidation sites excluding steroid dienone is 4. The molecule has 0 aromatic carbocycles. The second-order valence-electron chi connectivity index (χ2n) is 7.26. The highest BCUT2D eigenvalue weighted by Gasteiger charge is 2.47. The summed E-state index contributed by atoms with van der Waals surface area (Å²) in [7, 11) is 0. The van der Waals surface area contributed by atoms with Gasteiger partial charge in [-0.3, -0.25) is 0 Å². The molecule has 18 heavy (non-hydrogen) atoms. The van der Waals surface area contributed by atoms with Crippen molar-refractivity contribution in [2.75, 3.05) is 0 Å². The molecule has 1 aliphatic carbocycles. The summed E-state index contributed by atoms with van der Waals surface area (Å²) in [5.74, 6) is 2.46. The standard InChI is InChI=1S/C17H28O/c1-6-7-9-13-10-8-11-14-15(13)16(2,3)12-17(4,5)18-14/h8,10-11,13,15H,6-7,9,12H2,1-5H3. The minimum Gasteiger partial charge on any atom is -0.492 e. The fourth-order valence-corrected chi connectivity index (χ4v) is 4.05. The van der Waals surface area contributed by atoms with E-state index in [-0.39, 0.29) is 5.60 Å². The van der Waals surface area contributed by atoms with E-state index in [1.807, 2.05) is 0 Å². The molecule has 1 fully saturated rings. The maximum atomic E-state index is 6.23. The van der Waals surface area contributed by atoms with Gasteiger partial charge in [0.2, 0.25) is 0 Å². The van der Waals surface area contributed by atoms with Crippen LogP contribution in [0.1, 0.15) is 60.3 Å². The Kier molecular flexibility index (Phi) is 3.62. The SMILES string of the molecule is CCCCC1C=CC=C2OC(C)(C)CC(C)(C)C21. The molecule has 0 bridgehead atoms. The van der Waals surface area contributed by atoms with Gasteiger partial charge in [-0.05, 0) is 44.1 Å². The number of fused-ring (bicyclic) bond motifs is 1. The fourth-order valence-electron chi connectivity index (χ4n) is 4.05. The van der Waals surface area contributed by atoms with Crippen LogP contribution in [0.25, 0.3) is 0 Å². The first-order valence-electron chi connectivity index (χ1n) is 7.43. The van der Waals surface area contributed by atoms with E-state index in [9.17, 15) is 0 Å². The first-order valence-corrected chi connectivity index (χ1v) is 7.43. The Bertz CT molecular complexity index is 360. The van der Waals surface area contributed by atoms with Crippen molar-refractivity contribution in [3.8, 4) is 0 Å². The highest BCUT2D eigenvalue weighted by molar-refractivity contribution is 5.24. The molecule has 0 aromatic heterocycles. The quantitative estimate of drug-likeness (QED) is 0.676. The molecule has 1 saturated heterocycles. The summed E-state index contributed by atoms with van der Waals surface area (Å²) in [6.07, 6.45) is 11.8. The fraction of sp³-hybridized carbons (Fsp3) is 0.765. The van der Waals surface area contributed by atoms with Gasteiger partial charge in [-0.2, -0.15) is 0 Å². The Morgan fingerprint density at radius 3 is 2.67 bits per heavy atom. The van der Waals surface area contributed by atoms with Gasteiger partial charge in [-0.15, -0.1) is 0 Å². The molecular weight excluding hydrogens is 220 g/mol. The monoisotopic (exact) mass is 248 g/mol. The molecule has 2 unspecified atom stereocenters. The smallest absolute Gasteiger partial charge is 0.104 e. The zero-order chi connectivity index (χ0) is 13.4. The summed E-state index contributed by atoms with van der Waals surface area (Å²) < 4.78 is 6.23. The molecule has 0 saturated carbocycles. The van der Waals surface area contributed by atoms with Crippen molar-refractivity contribution >= 4 is 0 Å². The van der Waals surface area contributed by atoms with Gasteiger partial charge in [-0.1, -0.05) is 45.8 Å². The van der Waals surface area contributed by atoms with Crippen molar-refractivity contribution in [1.29, 1.82) is 0 Å². The second kappa shape index (κ2) is 4.75. The van der Waals surface area contributed by atoms with Crippen LogP contribution in [0.3, 0.4) is 0 Å². The third-order valence-corrected chi connectivity index (χ3v) is 4.36. The Morgan fingerprint density at radius 1 is 1.28 bits per heavy atom. The first kappa shape index (κ1) is 13.7. The Hall–Kier alpha value is -0.720. The lowest BCUT2D eigenvalue weighted by Crippen LogP contribution is -2.46. The molecule has 2 rings (SSSR count). The van der Waals surface area contributed by atoms with Gasteiger partial charge in [-0.25, -0.2) is 0 Å². The van der Waals surface area contributed by atoms with Crippen LogP contribution in [0.15, 0.2) is 24.0 Å². The highest BCUT2D eigenvalue weighted by Crippen LogP contribution is 2.52. The molecule has 2 aliphatic rings. The van der Waals surface area contributed by atoms with E-state index in [0.29, 0.717) is 17.3 Å². The van der Waals surface area contributed by atoms with Crippen LogP contribution in [-0.4, -0.2) is 5.60 Å². The molecule has 0 radical (unpaired) electrons. The zero-order valence-electron chi connectivity index (χ0n) is 12.6. The van der Waals surface area contributed by atoms with Crippen LogP contribution in [0.5, 0.6) is 0 Å². The molecule has 1 nitrogen and oxygen atoms in total. The molecule has 1 heteroatoms. The van der Waals surface area contributed by atoms with E-state index in [2.05, 4.69) is 52.8 Å². The van der Waals surface area contributed by atoms with Crippen molar-refractivity contribution in [2.24, 2.45) is 17.3 Å². The molecule has 1 aliphatic heterocycles. The molecule has 0 amide bonds. The molecule has 0 aromatic rings. The summed E-state index contributed by atoms with van der Waals surface area (Å²) in [4.78, 5) is 0. The minimum atomic E-state index is -0.0215. The van der Waals surface area contributed by atoms with E-state index < -0.39 is 0 Å².